The Hall–Kier alpha value is -3.87. The van der Waals surface area contributed by atoms with Crippen LogP contribution >= 0.6 is 0 Å². The van der Waals surface area contributed by atoms with E-state index >= 15 is 0 Å². The van der Waals surface area contributed by atoms with Crippen molar-refractivity contribution >= 4 is 11.5 Å². The Morgan fingerprint density at radius 3 is 2.55 bits per heavy atom. The van der Waals surface area contributed by atoms with Crippen molar-refractivity contribution in [3.05, 3.63) is 88.5 Å². The van der Waals surface area contributed by atoms with E-state index in [1.54, 1.807) is 58.9 Å². The van der Waals surface area contributed by atoms with Crippen LogP contribution < -0.4 is 10.3 Å². The van der Waals surface area contributed by atoms with Crippen molar-refractivity contribution in [2.45, 2.75) is 6.54 Å². The van der Waals surface area contributed by atoms with Crippen LogP contribution in [0, 0.1) is 0 Å². The van der Waals surface area contributed by atoms with Gasteiger partial charge >= 0.3 is 5.97 Å². The fraction of sp³-hybridized carbons (Fsp3) is 0.136. The third-order valence-corrected chi connectivity index (χ3v) is 4.70. The zero-order valence-electron chi connectivity index (χ0n) is 16.0. The lowest BCUT2D eigenvalue weighted by atomic mass is 10.1. The fourth-order valence-corrected chi connectivity index (χ4v) is 3.14. The smallest absolute Gasteiger partial charge is 0.337 e. The van der Waals surface area contributed by atoms with Gasteiger partial charge in [-0.1, -0.05) is 24.3 Å². The maximum Gasteiger partial charge on any atom is 0.337 e. The number of rotatable bonds is 5. The van der Waals surface area contributed by atoms with Crippen molar-refractivity contribution in [2.75, 3.05) is 14.2 Å². The molecule has 7 nitrogen and oxygen atoms in total. The highest BCUT2D eigenvalue weighted by molar-refractivity contribution is 5.89. The highest BCUT2D eigenvalue weighted by Gasteiger charge is 2.11. The van der Waals surface area contributed by atoms with Crippen LogP contribution in [-0.2, 0) is 11.3 Å². The Kier molecular flexibility index (Phi) is 4.87. The number of hydrogen-bond acceptors (Lipinski definition) is 5. The molecule has 2 aromatic heterocycles. The summed E-state index contributed by atoms with van der Waals surface area (Å²) in [6, 6.07) is 16.3. The first-order valence-corrected chi connectivity index (χ1v) is 8.99. The van der Waals surface area contributed by atoms with E-state index in [-0.39, 0.29) is 11.5 Å². The monoisotopic (exact) mass is 389 g/mol. The van der Waals surface area contributed by atoms with Gasteiger partial charge in [0.25, 0.3) is 5.56 Å². The molecule has 0 N–H and O–H groups in total. The number of hydrogen-bond donors (Lipinski definition) is 0. The average molecular weight is 389 g/mol. The Morgan fingerprint density at radius 1 is 1.03 bits per heavy atom. The molecule has 2 aromatic carbocycles. The van der Waals surface area contributed by atoms with Gasteiger partial charge in [-0.2, -0.15) is 5.10 Å². The number of carbonyl (C=O) groups excluding carboxylic acids is 1. The number of carbonyl (C=O) groups is 1. The summed E-state index contributed by atoms with van der Waals surface area (Å²) >= 11 is 0. The maximum atomic E-state index is 12.9. The maximum absolute atomic E-state index is 12.9. The van der Waals surface area contributed by atoms with E-state index in [9.17, 15) is 9.59 Å². The topological polar surface area (TPSA) is 74.8 Å². The molecule has 4 aromatic rings. The molecule has 0 spiro atoms. The molecule has 2 heterocycles. The van der Waals surface area contributed by atoms with Crippen molar-refractivity contribution in [2.24, 2.45) is 0 Å². The summed E-state index contributed by atoms with van der Waals surface area (Å²) < 4.78 is 13.2. The van der Waals surface area contributed by atoms with Crippen LogP contribution in [-0.4, -0.2) is 34.4 Å². The molecule has 0 fully saturated rings. The normalized spacial score (nSPS) is 10.8. The number of fused-ring (bicyclic) bond motifs is 1. The molecule has 0 saturated carbocycles. The van der Waals surface area contributed by atoms with Gasteiger partial charge in [-0.3, -0.25) is 4.79 Å². The van der Waals surface area contributed by atoms with E-state index in [4.69, 9.17) is 9.47 Å². The number of methoxy groups -OCH3 is 2. The van der Waals surface area contributed by atoms with Crippen LogP contribution in [0.15, 0.2) is 71.8 Å². The van der Waals surface area contributed by atoms with E-state index in [0.29, 0.717) is 23.3 Å². The lowest BCUT2D eigenvalue weighted by Gasteiger charge is -2.07. The highest BCUT2D eigenvalue weighted by atomic mass is 16.5. The van der Waals surface area contributed by atoms with Crippen molar-refractivity contribution in [1.82, 2.24) is 14.2 Å². The van der Waals surface area contributed by atoms with Gasteiger partial charge < -0.3 is 14.0 Å². The summed E-state index contributed by atoms with van der Waals surface area (Å²) in [5.74, 6) is 0.340. The minimum absolute atomic E-state index is 0.147. The molecule has 0 amide bonds. The first-order valence-electron chi connectivity index (χ1n) is 8.99. The van der Waals surface area contributed by atoms with E-state index in [1.807, 2.05) is 24.3 Å². The average Bonchev–Trinajstić information content (AvgIpc) is 3.21. The molecule has 0 radical (unpaired) electrons. The van der Waals surface area contributed by atoms with Gasteiger partial charge in [-0.05, 0) is 35.9 Å². The van der Waals surface area contributed by atoms with Gasteiger partial charge in [0, 0.05) is 18.0 Å². The summed E-state index contributed by atoms with van der Waals surface area (Å²) in [4.78, 5) is 24.5. The van der Waals surface area contributed by atoms with Crippen LogP contribution in [0.4, 0.5) is 0 Å². The quantitative estimate of drug-likeness (QED) is 0.491. The number of benzene rings is 2. The Morgan fingerprint density at radius 2 is 1.83 bits per heavy atom. The summed E-state index contributed by atoms with van der Waals surface area (Å²) in [5.41, 5.74) is 3.27. The molecule has 0 aliphatic rings. The van der Waals surface area contributed by atoms with E-state index in [0.717, 1.165) is 16.9 Å². The predicted molar refractivity (Wildman–Crippen MR) is 108 cm³/mol. The van der Waals surface area contributed by atoms with Crippen molar-refractivity contribution in [1.29, 1.82) is 0 Å². The van der Waals surface area contributed by atoms with Gasteiger partial charge in [0.1, 0.15) is 11.3 Å². The lowest BCUT2D eigenvalue weighted by Crippen LogP contribution is -2.21. The molecule has 0 saturated heterocycles. The van der Waals surface area contributed by atoms with Gasteiger partial charge in [-0.15, -0.1) is 0 Å². The molecule has 146 valence electrons. The molecule has 0 aliphatic heterocycles. The Balaban J connectivity index is 1.65. The summed E-state index contributed by atoms with van der Waals surface area (Å²) in [5, 5.41) is 4.50. The molecule has 0 aliphatic carbocycles. The standard InChI is InChI=1S/C22H19N3O4/c1-28-18-5-3-4-17(12-18)19-13-20-21(26)24(10-11-25(20)23-19)14-15-6-8-16(9-7-15)22(27)29-2/h3-13H,14H2,1-2H3. The van der Waals surface area contributed by atoms with E-state index in [2.05, 4.69) is 5.10 Å². The van der Waals surface area contributed by atoms with Crippen LogP contribution in [0.2, 0.25) is 0 Å². The minimum atomic E-state index is -0.389. The van der Waals surface area contributed by atoms with Gasteiger partial charge in [0.05, 0.1) is 32.0 Å². The van der Waals surface area contributed by atoms with Crippen LogP contribution in [0.1, 0.15) is 15.9 Å². The molecule has 0 atom stereocenters. The SMILES string of the molecule is COC(=O)c1ccc(Cn2ccn3nc(-c4cccc(OC)c4)cc3c2=O)cc1. The number of esters is 1. The van der Waals surface area contributed by atoms with Gasteiger partial charge in [0.15, 0.2) is 0 Å². The predicted octanol–water partition coefficient (Wildman–Crippen LogP) is 3.01. The largest absolute Gasteiger partial charge is 0.497 e. The Bertz CT molecular complexity index is 1240. The van der Waals surface area contributed by atoms with Crippen molar-refractivity contribution in [3.8, 4) is 17.0 Å². The van der Waals surface area contributed by atoms with Crippen LogP contribution in [0.5, 0.6) is 5.75 Å². The molecule has 7 heteroatoms. The zero-order valence-corrected chi connectivity index (χ0v) is 16.0. The number of ether oxygens (including phenoxy) is 2. The molecule has 29 heavy (non-hydrogen) atoms. The molecular formula is C22H19N3O4. The van der Waals surface area contributed by atoms with Gasteiger partial charge in [-0.25, -0.2) is 9.31 Å². The first-order chi connectivity index (χ1) is 14.1. The van der Waals surface area contributed by atoms with Crippen LogP contribution in [0.25, 0.3) is 16.8 Å². The third-order valence-electron chi connectivity index (χ3n) is 4.70. The first kappa shape index (κ1) is 18.5. The fourth-order valence-electron chi connectivity index (χ4n) is 3.14. The minimum Gasteiger partial charge on any atom is -0.497 e. The number of nitrogens with zero attached hydrogens (tertiary/aromatic N) is 3. The second-order valence-corrected chi connectivity index (χ2v) is 6.51. The second kappa shape index (κ2) is 7.63. The molecule has 0 unspecified atom stereocenters. The summed E-state index contributed by atoms with van der Waals surface area (Å²) in [6.07, 6.45) is 3.45. The second-order valence-electron chi connectivity index (χ2n) is 6.51. The van der Waals surface area contributed by atoms with E-state index in [1.165, 1.54) is 7.11 Å². The van der Waals surface area contributed by atoms with Crippen molar-refractivity contribution in [3.63, 3.8) is 0 Å². The molecule has 0 bridgehead atoms. The van der Waals surface area contributed by atoms with E-state index < -0.39 is 0 Å². The van der Waals surface area contributed by atoms with Crippen LogP contribution in [0.3, 0.4) is 0 Å². The number of aromatic nitrogens is 3. The summed E-state index contributed by atoms with van der Waals surface area (Å²) in [7, 11) is 2.95. The Labute approximate surface area is 166 Å². The summed E-state index contributed by atoms with van der Waals surface area (Å²) in [6.45, 7) is 0.385. The molecule has 4 rings (SSSR count). The van der Waals surface area contributed by atoms with Crippen molar-refractivity contribution < 1.29 is 14.3 Å². The zero-order chi connectivity index (χ0) is 20.4. The lowest BCUT2D eigenvalue weighted by molar-refractivity contribution is 0.0600. The highest BCUT2D eigenvalue weighted by Crippen LogP contribution is 2.23. The third kappa shape index (κ3) is 3.62. The molecular weight excluding hydrogens is 370 g/mol. The van der Waals surface area contributed by atoms with Gasteiger partial charge in [0.2, 0.25) is 0 Å².